The number of amides is 3. The predicted octanol–water partition coefficient (Wildman–Crippen LogP) is 6.80. The number of unbranched alkanes of at least 4 members (excludes halogenated alkanes) is 2. The molecule has 3 amide bonds. The Hall–Kier alpha value is -3.90. The van der Waals surface area contributed by atoms with Crippen LogP contribution >= 0.6 is 23.2 Å². The van der Waals surface area contributed by atoms with E-state index in [9.17, 15) is 19.6 Å². The van der Waals surface area contributed by atoms with Crippen molar-refractivity contribution in [3.8, 4) is 6.07 Å². The van der Waals surface area contributed by atoms with Crippen molar-refractivity contribution in [2.45, 2.75) is 50.6 Å². The highest BCUT2D eigenvalue weighted by Crippen LogP contribution is 2.48. The summed E-state index contributed by atoms with van der Waals surface area (Å²) in [5.74, 6) is -0.944. The molecule has 10 heteroatoms. The van der Waals surface area contributed by atoms with Crippen molar-refractivity contribution in [3.05, 3.63) is 99.5 Å². The van der Waals surface area contributed by atoms with Crippen LogP contribution in [0.25, 0.3) is 0 Å². The van der Waals surface area contributed by atoms with Crippen molar-refractivity contribution in [1.29, 1.82) is 5.26 Å². The molecule has 1 spiro atoms. The van der Waals surface area contributed by atoms with E-state index < -0.39 is 11.6 Å². The summed E-state index contributed by atoms with van der Waals surface area (Å²) in [4.78, 5) is 46.1. The highest BCUT2D eigenvalue weighted by molar-refractivity contribution is 6.35. The average molecular weight is 634 g/mol. The van der Waals surface area contributed by atoms with Gasteiger partial charge in [0, 0.05) is 48.6 Å². The van der Waals surface area contributed by atoms with Crippen LogP contribution in [0, 0.1) is 11.3 Å². The maximum Gasteiger partial charge on any atom is 0.332 e. The van der Waals surface area contributed by atoms with Gasteiger partial charge < -0.3 is 9.64 Å². The Morgan fingerprint density at radius 3 is 2.36 bits per heavy atom. The summed E-state index contributed by atoms with van der Waals surface area (Å²) in [7, 11) is 0. The molecule has 0 saturated carbocycles. The third-order valence-electron chi connectivity index (χ3n) is 8.32. The van der Waals surface area contributed by atoms with Gasteiger partial charge in [-0.05, 0) is 61.2 Å². The minimum absolute atomic E-state index is 0.242. The number of halogens is 2. The minimum atomic E-state index is -1.21. The van der Waals surface area contributed by atoms with Gasteiger partial charge in [0.05, 0.1) is 23.9 Å². The third-order valence-corrected chi connectivity index (χ3v) is 8.76. The number of nitriles is 1. The zero-order chi connectivity index (χ0) is 31.3. The number of likely N-dealkylation sites (tertiary alicyclic amines) is 1. The van der Waals surface area contributed by atoms with Crippen molar-refractivity contribution < 1.29 is 19.1 Å². The molecular formula is C34H34Cl2N4O4. The van der Waals surface area contributed by atoms with Crippen LogP contribution in [0.2, 0.25) is 10.0 Å². The fourth-order valence-electron chi connectivity index (χ4n) is 6.38. The third kappa shape index (κ3) is 6.46. The SMILES string of the molecule is CCOC(=O)CCCCCN1C(=O)N(c2cc(Cl)cc(Cl)c2)C(=O)C12CN(Cc1ccccc1)CC2c1ccc(C#N)cc1. The number of carbonyl (C=O) groups is 3. The molecule has 0 aliphatic carbocycles. The van der Waals surface area contributed by atoms with Gasteiger partial charge >= 0.3 is 12.0 Å². The second-order valence-electron chi connectivity index (χ2n) is 11.2. The van der Waals surface area contributed by atoms with Gasteiger partial charge in [0.2, 0.25) is 0 Å². The van der Waals surface area contributed by atoms with Crippen LogP contribution in [0.5, 0.6) is 0 Å². The van der Waals surface area contributed by atoms with Crippen LogP contribution in [0.15, 0.2) is 72.8 Å². The molecule has 2 aliphatic heterocycles. The molecule has 2 aliphatic rings. The number of hydrogen-bond acceptors (Lipinski definition) is 6. The first kappa shape index (κ1) is 31.5. The van der Waals surface area contributed by atoms with Crippen molar-refractivity contribution in [1.82, 2.24) is 9.80 Å². The molecule has 2 fully saturated rings. The summed E-state index contributed by atoms with van der Waals surface area (Å²) in [6.45, 7) is 3.90. The Balaban J connectivity index is 1.53. The molecule has 3 aromatic carbocycles. The molecule has 5 rings (SSSR count). The number of imide groups is 1. The summed E-state index contributed by atoms with van der Waals surface area (Å²) in [6.07, 6.45) is 2.21. The fourth-order valence-corrected chi connectivity index (χ4v) is 6.89. The van der Waals surface area contributed by atoms with E-state index in [0.29, 0.717) is 79.8 Å². The van der Waals surface area contributed by atoms with E-state index in [4.69, 9.17) is 27.9 Å². The minimum Gasteiger partial charge on any atom is -0.466 e. The van der Waals surface area contributed by atoms with E-state index in [1.54, 1.807) is 42.2 Å². The lowest BCUT2D eigenvalue weighted by Gasteiger charge is -2.36. The number of benzene rings is 3. The molecule has 8 nitrogen and oxygen atoms in total. The average Bonchev–Trinajstić information content (AvgIpc) is 3.47. The molecule has 0 N–H and O–H groups in total. The largest absolute Gasteiger partial charge is 0.466 e. The quantitative estimate of drug-likeness (QED) is 0.131. The summed E-state index contributed by atoms with van der Waals surface area (Å²) in [5.41, 5.74) is 1.60. The van der Waals surface area contributed by atoms with Gasteiger partial charge in [-0.25, -0.2) is 9.69 Å². The highest BCUT2D eigenvalue weighted by atomic mass is 35.5. The van der Waals surface area contributed by atoms with Gasteiger partial charge in [0.25, 0.3) is 5.91 Å². The van der Waals surface area contributed by atoms with Gasteiger partial charge in [0.1, 0.15) is 5.54 Å². The van der Waals surface area contributed by atoms with Crippen molar-refractivity contribution in [3.63, 3.8) is 0 Å². The Morgan fingerprint density at radius 2 is 1.70 bits per heavy atom. The Labute approximate surface area is 267 Å². The first-order valence-electron chi connectivity index (χ1n) is 14.8. The zero-order valence-electron chi connectivity index (χ0n) is 24.5. The normalized spacial score (nSPS) is 20.0. The van der Waals surface area contributed by atoms with Gasteiger partial charge in [-0.1, -0.05) is 72.1 Å². The summed E-state index contributed by atoms with van der Waals surface area (Å²) < 4.78 is 5.05. The smallest absolute Gasteiger partial charge is 0.332 e. The Kier molecular flexibility index (Phi) is 9.90. The number of anilines is 1. The van der Waals surface area contributed by atoms with Gasteiger partial charge in [-0.15, -0.1) is 0 Å². The van der Waals surface area contributed by atoms with Gasteiger partial charge in [-0.3, -0.25) is 14.5 Å². The maximum absolute atomic E-state index is 14.8. The van der Waals surface area contributed by atoms with E-state index >= 15 is 0 Å². The van der Waals surface area contributed by atoms with Crippen LogP contribution in [0.4, 0.5) is 10.5 Å². The molecule has 44 heavy (non-hydrogen) atoms. The van der Waals surface area contributed by atoms with E-state index in [1.165, 1.54) is 4.90 Å². The van der Waals surface area contributed by atoms with Gasteiger partial charge in [0.15, 0.2) is 0 Å². The van der Waals surface area contributed by atoms with Crippen LogP contribution < -0.4 is 4.90 Å². The molecule has 2 saturated heterocycles. The fraction of sp³-hybridized carbons (Fsp3) is 0.353. The number of carbonyl (C=O) groups excluding carboxylic acids is 3. The number of urea groups is 1. The molecule has 0 bridgehead atoms. The molecule has 228 valence electrons. The second kappa shape index (κ2) is 13.8. The summed E-state index contributed by atoms with van der Waals surface area (Å²) >= 11 is 12.6. The van der Waals surface area contributed by atoms with Crippen molar-refractivity contribution in [2.24, 2.45) is 0 Å². The maximum atomic E-state index is 14.8. The van der Waals surface area contributed by atoms with E-state index in [1.807, 2.05) is 42.5 Å². The summed E-state index contributed by atoms with van der Waals surface area (Å²) in [6, 6.07) is 23.7. The molecule has 0 radical (unpaired) electrons. The number of ether oxygens (including phenoxy) is 1. The first-order valence-corrected chi connectivity index (χ1v) is 15.6. The van der Waals surface area contributed by atoms with Crippen LogP contribution in [0.3, 0.4) is 0 Å². The molecule has 2 atom stereocenters. The number of esters is 1. The Morgan fingerprint density at radius 1 is 1.00 bits per heavy atom. The highest BCUT2D eigenvalue weighted by Gasteiger charge is 2.65. The number of hydrogen-bond donors (Lipinski definition) is 0. The molecule has 3 aromatic rings. The van der Waals surface area contributed by atoms with Gasteiger partial charge in [-0.2, -0.15) is 5.26 Å². The predicted molar refractivity (Wildman–Crippen MR) is 169 cm³/mol. The standard InChI is InChI=1S/C34H34Cl2N4O4/c1-2-44-31(41)11-7-4-8-16-39-33(43)40(29-18-27(35)17-28(36)19-29)32(42)34(39)23-38(21-25-9-5-3-6-10-25)22-30(34)26-14-12-24(20-37)13-15-26/h3,5-6,9-10,12-15,17-19,30H,2,4,7-8,11,16,21-23H2,1H3. The van der Waals surface area contributed by atoms with E-state index in [0.717, 1.165) is 11.1 Å². The monoisotopic (exact) mass is 632 g/mol. The van der Waals surface area contributed by atoms with Crippen LogP contribution in [-0.4, -0.2) is 59.5 Å². The lowest BCUT2D eigenvalue weighted by Crippen LogP contribution is -2.55. The van der Waals surface area contributed by atoms with Crippen molar-refractivity contribution >= 4 is 46.8 Å². The number of rotatable bonds is 11. The molecular weight excluding hydrogens is 599 g/mol. The first-order chi connectivity index (χ1) is 21.3. The lowest BCUT2D eigenvalue weighted by atomic mass is 9.80. The Bertz CT molecular complexity index is 1540. The second-order valence-corrected chi connectivity index (χ2v) is 12.1. The zero-order valence-corrected chi connectivity index (χ0v) is 26.1. The molecule has 0 aromatic heterocycles. The van der Waals surface area contributed by atoms with Crippen LogP contribution in [-0.2, 0) is 20.9 Å². The van der Waals surface area contributed by atoms with E-state index in [2.05, 4.69) is 11.0 Å². The van der Waals surface area contributed by atoms with Crippen molar-refractivity contribution in [2.75, 3.05) is 31.1 Å². The number of nitrogens with zero attached hydrogens (tertiary/aromatic N) is 4. The topological polar surface area (TPSA) is 93.9 Å². The molecule has 2 unspecified atom stereocenters. The summed E-state index contributed by atoms with van der Waals surface area (Å²) in [5, 5.41) is 10.1. The van der Waals surface area contributed by atoms with E-state index in [-0.39, 0.29) is 17.8 Å². The lowest BCUT2D eigenvalue weighted by molar-refractivity contribution is -0.143. The van der Waals surface area contributed by atoms with Crippen LogP contribution in [0.1, 0.15) is 55.2 Å². The molecule has 2 heterocycles.